The second-order valence-electron chi connectivity index (χ2n) is 5.64. The first-order valence-corrected chi connectivity index (χ1v) is 8.44. The third-order valence-electron chi connectivity index (χ3n) is 3.76. The second-order valence-corrected chi connectivity index (χ2v) is 5.64. The van der Waals surface area contributed by atoms with E-state index in [2.05, 4.69) is 20.7 Å². The minimum absolute atomic E-state index is 0.0518. The van der Waals surface area contributed by atoms with Gasteiger partial charge in [-0.2, -0.15) is 10.2 Å². The number of nitrogens with zero attached hydrogens (tertiary/aromatic N) is 3. The van der Waals surface area contributed by atoms with Crippen LogP contribution >= 0.6 is 0 Å². The third-order valence-corrected chi connectivity index (χ3v) is 3.76. The van der Waals surface area contributed by atoms with Crippen LogP contribution in [-0.4, -0.2) is 33.8 Å². The highest BCUT2D eigenvalue weighted by Crippen LogP contribution is 2.22. The topological polar surface area (TPSA) is 123 Å². The summed E-state index contributed by atoms with van der Waals surface area (Å²) in [5, 5.41) is 21.5. The Hall–Kier alpha value is -4.01. The zero-order chi connectivity index (χ0) is 19.9. The SMILES string of the molecule is CCOc1ccccc1C=NNC(=O)c1cc(-c2cccc([N+](=O)[O-])c2)n[nH]1. The second kappa shape index (κ2) is 8.58. The molecule has 0 saturated heterocycles. The largest absolute Gasteiger partial charge is 0.493 e. The highest BCUT2D eigenvalue weighted by Gasteiger charge is 2.13. The van der Waals surface area contributed by atoms with Crippen LogP contribution in [0.15, 0.2) is 59.7 Å². The molecule has 0 radical (unpaired) electrons. The number of nitrogens with one attached hydrogen (secondary N) is 2. The normalized spacial score (nSPS) is 10.8. The number of carbonyl (C=O) groups is 1. The number of non-ortho nitro benzene ring substituents is 1. The molecule has 3 aromatic rings. The number of benzene rings is 2. The van der Waals surface area contributed by atoms with Crippen LogP contribution < -0.4 is 10.2 Å². The summed E-state index contributed by atoms with van der Waals surface area (Å²) >= 11 is 0. The summed E-state index contributed by atoms with van der Waals surface area (Å²) in [5.41, 5.74) is 4.20. The molecule has 0 aliphatic carbocycles. The van der Waals surface area contributed by atoms with Crippen molar-refractivity contribution in [2.45, 2.75) is 6.92 Å². The van der Waals surface area contributed by atoms with Crippen LogP contribution in [0.4, 0.5) is 5.69 Å². The molecule has 0 spiro atoms. The number of aromatic amines is 1. The Morgan fingerprint density at radius 3 is 2.89 bits per heavy atom. The lowest BCUT2D eigenvalue weighted by Crippen LogP contribution is -2.18. The molecule has 142 valence electrons. The highest BCUT2D eigenvalue weighted by atomic mass is 16.6. The summed E-state index contributed by atoms with van der Waals surface area (Å²) in [4.78, 5) is 22.6. The van der Waals surface area contributed by atoms with Gasteiger partial charge in [0.15, 0.2) is 0 Å². The highest BCUT2D eigenvalue weighted by molar-refractivity contribution is 5.94. The van der Waals surface area contributed by atoms with Crippen LogP contribution in [0, 0.1) is 10.1 Å². The van der Waals surface area contributed by atoms with Gasteiger partial charge in [0.2, 0.25) is 0 Å². The van der Waals surface area contributed by atoms with Crippen molar-refractivity contribution in [1.82, 2.24) is 15.6 Å². The van der Waals surface area contributed by atoms with Crippen molar-refractivity contribution in [3.05, 3.63) is 76.0 Å². The van der Waals surface area contributed by atoms with E-state index in [1.165, 1.54) is 24.4 Å². The number of aromatic nitrogens is 2. The van der Waals surface area contributed by atoms with E-state index in [1.807, 2.05) is 31.2 Å². The Morgan fingerprint density at radius 1 is 1.29 bits per heavy atom. The smallest absolute Gasteiger partial charge is 0.289 e. The monoisotopic (exact) mass is 379 g/mol. The Labute approximate surface area is 160 Å². The van der Waals surface area contributed by atoms with Crippen LogP contribution in [0.5, 0.6) is 5.75 Å². The molecular formula is C19H17N5O4. The third kappa shape index (κ3) is 4.39. The van der Waals surface area contributed by atoms with E-state index in [0.29, 0.717) is 23.6 Å². The maximum Gasteiger partial charge on any atom is 0.289 e. The number of hydrogen-bond acceptors (Lipinski definition) is 6. The molecule has 9 heteroatoms. The molecule has 1 aromatic heterocycles. The van der Waals surface area contributed by atoms with Gasteiger partial charge in [0.25, 0.3) is 11.6 Å². The van der Waals surface area contributed by atoms with Crippen molar-refractivity contribution in [1.29, 1.82) is 0 Å². The molecule has 2 aromatic carbocycles. The van der Waals surface area contributed by atoms with Crippen LogP contribution in [0.2, 0.25) is 0 Å². The van der Waals surface area contributed by atoms with Gasteiger partial charge in [-0.3, -0.25) is 20.0 Å². The summed E-state index contributed by atoms with van der Waals surface area (Å²) in [6.07, 6.45) is 1.49. The Morgan fingerprint density at radius 2 is 2.11 bits per heavy atom. The first-order valence-electron chi connectivity index (χ1n) is 8.44. The number of H-pyrrole nitrogens is 1. The molecule has 0 aliphatic heterocycles. The molecule has 0 aliphatic rings. The van der Waals surface area contributed by atoms with Gasteiger partial charge >= 0.3 is 0 Å². The van der Waals surface area contributed by atoms with Crippen LogP contribution in [0.3, 0.4) is 0 Å². The predicted octanol–water partition coefficient (Wildman–Crippen LogP) is 3.15. The average molecular weight is 379 g/mol. The lowest BCUT2D eigenvalue weighted by molar-refractivity contribution is -0.384. The van der Waals surface area contributed by atoms with E-state index in [1.54, 1.807) is 12.1 Å². The molecule has 0 saturated carbocycles. The number of hydrazone groups is 1. The van der Waals surface area contributed by atoms with Gasteiger partial charge in [-0.05, 0) is 25.1 Å². The van der Waals surface area contributed by atoms with Gasteiger partial charge in [-0.25, -0.2) is 5.43 Å². The van der Waals surface area contributed by atoms with Gasteiger partial charge in [-0.15, -0.1) is 0 Å². The fourth-order valence-electron chi connectivity index (χ4n) is 2.46. The number of nitro benzene ring substituents is 1. The van der Waals surface area contributed by atoms with Crippen molar-refractivity contribution < 1.29 is 14.5 Å². The first-order chi connectivity index (χ1) is 13.6. The van der Waals surface area contributed by atoms with E-state index in [0.717, 1.165) is 5.56 Å². The Balaban J connectivity index is 1.70. The molecule has 0 bridgehead atoms. The molecule has 0 fully saturated rings. The number of nitro groups is 1. The van der Waals surface area contributed by atoms with Crippen molar-refractivity contribution >= 4 is 17.8 Å². The number of para-hydroxylation sites is 1. The van der Waals surface area contributed by atoms with Crippen molar-refractivity contribution in [3.8, 4) is 17.0 Å². The minimum atomic E-state index is -0.491. The maximum atomic E-state index is 12.2. The van der Waals surface area contributed by atoms with E-state index >= 15 is 0 Å². The van der Waals surface area contributed by atoms with E-state index in [-0.39, 0.29) is 11.4 Å². The average Bonchev–Trinajstić information content (AvgIpc) is 3.20. The zero-order valence-corrected chi connectivity index (χ0v) is 15.0. The van der Waals surface area contributed by atoms with Gasteiger partial charge in [0, 0.05) is 23.3 Å². The van der Waals surface area contributed by atoms with Gasteiger partial charge < -0.3 is 4.74 Å². The fourth-order valence-corrected chi connectivity index (χ4v) is 2.46. The zero-order valence-electron chi connectivity index (χ0n) is 15.0. The minimum Gasteiger partial charge on any atom is -0.493 e. The predicted molar refractivity (Wildman–Crippen MR) is 103 cm³/mol. The molecule has 1 amide bonds. The number of rotatable bonds is 7. The quantitative estimate of drug-likeness (QED) is 0.371. The Bertz CT molecular complexity index is 1030. The van der Waals surface area contributed by atoms with Crippen molar-refractivity contribution in [2.75, 3.05) is 6.61 Å². The van der Waals surface area contributed by atoms with E-state index < -0.39 is 10.8 Å². The molecule has 0 unspecified atom stereocenters. The van der Waals surface area contributed by atoms with Gasteiger partial charge in [-0.1, -0.05) is 24.3 Å². The fraction of sp³-hybridized carbons (Fsp3) is 0.105. The van der Waals surface area contributed by atoms with Crippen LogP contribution in [-0.2, 0) is 0 Å². The number of ether oxygens (including phenoxy) is 1. The van der Waals surface area contributed by atoms with Crippen molar-refractivity contribution in [3.63, 3.8) is 0 Å². The first kappa shape index (κ1) is 18.8. The summed E-state index contributed by atoms with van der Waals surface area (Å²) < 4.78 is 5.49. The lowest BCUT2D eigenvalue weighted by atomic mass is 10.1. The number of hydrogen-bond donors (Lipinski definition) is 2. The summed E-state index contributed by atoms with van der Waals surface area (Å²) in [6, 6.07) is 14.8. The standard InChI is InChI=1S/C19H17N5O4/c1-2-28-18-9-4-3-6-14(18)12-20-23-19(25)17-11-16(21-22-17)13-7-5-8-15(10-13)24(26)27/h3-12H,2H2,1H3,(H,21,22)(H,23,25). The van der Waals surface area contributed by atoms with Crippen LogP contribution in [0.25, 0.3) is 11.3 Å². The van der Waals surface area contributed by atoms with Gasteiger partial charge in [0.1, 0.15) is 11.4 Å². The summed E-state index contributed by atoms with van der Waals surface area (Å²) in [5.74, 6) is 0.173. The molecular weight excluding hydrogens is 362 g/mol. The summed E-state index contributed by atoms with van der Waals surface area (Å²) in [7, 11) is 0. The van der Waals surface area contributed by atoms with Gasteiger partial charge in [0.05, 0.1) is 23.4 Å². The van der Waals surface area contributed by atoms with Crippen molar-refractivity contribution in [2.24, 2.45) is 5.10 Å². The summed E-state index contributed by atoms with van der Waals surface area (Å²) in [6.45, 7) is 2.40. The maximum absolute atomic E-state index is 12.2. The lowest BCUT2D eigenvalue weighted by Gasteiger charge is -2.05. The molecule has 9 nitrogen and oxygen atoms in total. The molecule has 3 rings (SSSR count). The number of amides is 1. The van der Waals surface area contributed by atoms with E-state index in [9.17, 15) is 14.9 Å². The van der Waals surface area contributed by atoms with Crippen LogP contribution in [0.1, 0.15) is 23.0 Å². The van der Waals surface area contributed by atoms with E-state index in [4.69, 9.17) is 4.74 Å². The molecule has 2 N–H and O–H groups in total. The number of carbonyl (C=O) groups excluding carboxylic acids is 1. The Kier molecular flexibility index (Phi) is 5.75. The molecule has 1 heterocycles. The molecule has 28 heavy (non-hydrogen) atoms. The molecule has 0 atom stereocenters.